The predicted octanol–water partition coefficient (Wildman–Crippen LogP) is 1.38. The highest BCUT2D eigenvalue weighted by Gasteiger charge is 2.29. The van der Waals surface area contributed by atoms with Crippen molar-refractivity contribution in [3.63, 3.8) is 0 Å². The van der Waals surface area contributed by atoms with Crippen LogP contribution in [0.15, 0.2) is 24.3 Å². The Hall–Kier alpha value is -2.04. The van der Waals surface area contributed by atoms with Gasteiger partial charge in [0.1, 0.15) is 0 Å². The molecule has 2 rings (SSSR count). The van der Waals surface area contributed by atoms with Crippen molar-refractivity contribution in [1.29, 1.82) is 0 Å². The molecule has 0 spiro atoms. The van der Waals surface area contributed by atoms with Gasteiger partial charge in [-0.1, -0.05) is 0 Å². The Labute approximate surface area is 105 Å². The lowest BCUT2D eigenvalue weighted by Crippen LogP contribution is -2.23. The van der Waals surface area contributed by atoms with E-state index in [9.17, 15) is 9.59 Å². The minimum absolute atomic E-state index is 0.0887. The fourth-order valence-corrected chi connectivity index (χ4v) is 2.17. The van der Waals surface area contributed by atoms with Gasteiger partial charge in [0.15, 0.2) is 0 Å². The van der Waals surface area contributed by atoms with Crippen LogP contribution in [0.4, 0.5) is 5.69 Å². The highest BCUT2D eigenvalue weighted by atomic mass is 16.5. The van der Waals surface area contributed by atoms with Crippen LogP contribution in [0.25, 0.3) is 0 Å². The monoisotopic (exact) mass is 249 g/mol. The van der Waals surface area contributed by atoms with E-state index in [4.69, 9.17) is 9.84 Å². The number of esters is 1. The second-order valence-electron chi connectivity index (χ2n) is 4.31. The number of rotatable bonds is 3. The van der Waals surface area contributed by atoms with Gasteiger partial charge in [0.05, 0.1) is 18.6 Å². The molecule has 18 heavy (non-hydrogen) atoms. The number of carboxylic acids is 1. The minimum atomic E-state index is -0.935. The van der Waals surface area contributed by atoms with Crippen molar-refractivity contribution in [3.8, 4) is 0 Å². The van der Waals surface area contributed by atoms with Gasteiger partial charge in [-0.05, 0) is 30.7 Å². The largest absolute Gasteiger partial charge is 0.478 e. The van der Waals surface area contributed by atoms with E-state index in [1.165, 1.54) is 7.11 Å². The van der Waals surface area contributed by atoms with E-state index in [1.807, 2.05) is 0 Å². The van der Waals surface area contributed by atoms with Crippen molar-refractivity contribution >= 4 is 17.6 Å². The Balaban J connectivity index is 2.05. The molecule has 1 N–H and O–H groups in total. The number of carboxylic acid groups (broad SMARTS) is 1. The minimum Gasteiger partial charge on any atom is -0.478 e. The molecule has 1 aliphatic rings. The molecule has 1 aliphatic heterocycles. The van der Waals surface area contributed by atoms with Crippen LogP contribution in [0.3, 0.4) is 0 Å². The van der Waals surface area contributed by atoms with Gasteiger partial charge < -0.3 is 14.7 Å². The van der Waals surface area contributed by atoms with Gasteiger partial charge >= 0.3 is 11.9 Å². The number of hydrogen-bond acceptors (Lipinski definition) is 4. The number of nitrogens with zero attached hydrogens (tertiary/aromatic N) is 1. The summed E-state index contributed by atoms with van der Waals surface area (Å²) in [5.41, 5.74) is 1.20. The lowest BCUT2D eigenvalue weighted by molar-refractivity contribution is -0.144. The molecule has 96 valence electrons. The van der Waals surface area contributed by atoms with E-state index >= 15 is 0 Å². The fourth-order valence-electron chi connectivity index (χ4n) is 2.17. The van der Waals surface area contributed by atoms with Crippen LogP contribution in [0, 0.1) is 5.92 Å². The smallest absolute Gasteiger partial charge is 0.335 e. The third-order valence-electron chi connectivity index (χ3n) is 3.20. The summed E-state index contributed by atoms with van der Waals surface area (Å²) in [6.07, 6.45) is 0.771. The molecular formula is C13H15NO4. The summed E-state index contributed by atoms with van der Waals surface area (Å²) in [5.74, 6) is -1.20. The van der Waals surface area contributed by atoms with Crippen molar-refractivity contribution in [2.45, 2.75) is 6.42 Å². The first kappa shape index (κ1) is 12.4. The maximum absolute atomic E-state index is 11.4. The van der Waals surface area contributed by atoms with Gasteiger partial charge in [0.25, 0.3) is 0 Å². The van der Waals surface area contributed by atoms with E-state index < -0.39 is 5.97 Å². The number of carbonyl (C=O) groups is 2. The van der Waals surface area contributed by atoms with Crippen molar-refractivity contribution in [3.05, 3.63) is 29.8 Å². The van der Waals surface area contributed by atoms with E-state index in [2.05, 4.69) is 4.90 Å². The molecule has 1 atom stereocenters. The average Bonchev–Trinajstić information content (AvgIpc) is 2.87. The van der Waals surface area contributed by atoms with Crippen molar-refractivity contribution in [2.24, 2.45) is 5.92 Å². The molecule has 0 saturated carbocycles. The zero-order valence-electron chi connectivity index (χ0n) is 10.1. The highest BCUT2D eigenvalue weighted by molar-refractivity contribution is 5.88. The van der Waals surface area contributed by atoms with Crippen LogP contribution in [0.1, 0.15) is 16.8 Å². The number of methoxy groups -OCH3 is 1. The first-order valence-electron chi connectivity index (χ1n) is 5.78. The van der Waals surface area contributed by atoms with E-state index in [1.54, 1.807) is 24.3 Å². The SMILES string of the molecule is COC(=O)[C@@H]1CCN(c2ccc(C(=O)O)cc2)C1. The molecule has 0 amide bonds. The van der Waals surface area contributed by atoms with E-state index in [0.29, 0.717) is 6.54 Å². The van der Waals surface area contributed by atoms with Gasteiger partial charge in [0.2, 0.25) is 0 Å². The third-order valence-corrected chi connectivity index (χ3v) is 3.20. The maximum Gasteiger partial charge on any atom is 0.335 e. The van der Waals surface area contributed by atoms with Crippen molar-refractivity contribution < 1.29 is 19.4 Å². The second kappa shape index (κ2) is 5.08. The molecule has 5 heteroatoms. The van der Waals surface area contributed by atoms with Crippen LogP contribution in [0.2, 0.25) is 0 Å². The van der Waals surface area contributed by atoms with Gasteiger partial charge in [-0.25, -0.2) is 4.79 Å². The molecule has 0 unspecified atom stereocenters. The van der Waals surface area contributed by atoms with Crippen LogP contribution in [0.5, 0.6) is 0 Å². The van der Waals surface area contributed by atoms with E-state index in [0.717, 1.165) is 18.7 Å². The first-order valence-corrected chi connectivity index (χ1v) is 5.78. The first-order chi connectivity index (χ1) is 8.61. The molecule has 0 bridgehead atoms. The zero-order valence-corrected chi connectivity index (χ0v) is 10.1. The van der Waals surface area contributed by atoms with Gasteiger partial charge in [-0.3, -0.25) is 4.79 Å². The molecule has 1 aromatic rings. The number of carbonyl (C=O) groups excluding carboxylic acids is 1. The van der Waals surface area contributed by atoms with Crippen LogP contribution < -0.4 is 4.90 Å². The van der Waals surface area contributed by atoms with Crippen LogP contribution >= 0.6 is 0 Å². The molecule has 1 heterocycles. The molecule has 5 nitrogen and oxygen atoms in total. The standard InChI is InChI=1S/C13H15NO4/c1-18-13(17)10-6-7-14(8-10)11-4-2-9(3-5-11)12(15)16/h2-5,10H,6-8H2,1H3,(H,15,16)/t10-/m1/s1. The summed E-state index contributed by atoms with van der Waals surface area (Å²) in [4.78, 5) is 24.2. The Kier molecular flexibility index (Phi) is 3.50. The summed E-state index contributed by atoms with van der Waals surface area (Å²) in [7, 11) is 1.40. The van der Waals surface area contributed by atoms with Crippen molar-refractivity contribution in [2.75, 3.05) is 25.1 Å². The maximum atomic E-state index is 11.4. The Bertz CT molecular complexity index is 455. The Morgan fingerprint density at radius 1 is 1.33 bits per heavy atom. The van der Waals surface area contributed by atoms with Crippen molar-refractivity contribution in [1.82, 2.24) is 0 Å². The summed E-state index contributed by atoms with van der Waals surface area (Å²) < 4.78 is 4.73. The quantitative estimate of drug-likeness (QED) is 0.820. The fraction of sp³-hybridized carbons (Fsp3) is 0.385. The number of benzene rings is 1. The molecule has 1 fully saturated rings. The second-order valence-corrected chi connectivity index (χ2v) is 4.31. The lowest BCUT2D eigenvalue weighted by Gasteiger charge is -2.18. The molecule has 0 radical (unpaired) electrons. The lowest BCUT2D eigenvalue weighted by atomic mass is 10.1. The third kappa shape index (κ3) is 2.45. The molecular weight excluding hydrogens is 234 g/mol. The highest BCUT2D eigenvalue weighted by Crippen LogP contribution is 2.24. The predicted molar refractivity (Wildman–Crippen MR) is 65.7 cm³/mol. The normalized spacial score (nSPS) is 18.7. The summed E-state index contributed by atoms with van der Waals surface area (Å²) in [5, 5.41) is 8.81. The van der Waals surface area contributed by atoms with Crippen LogP contribution in [-0.2, 0) is 9.53 Å². The number of hydrogen-bond donors (Lipinski definition) is 1. The molecule has 0 aliphatic carbocycles. The number of ether oxygens (including phenoxy) is 1. The number of aromatic carboxylic acids is 1. The summed E-state index contributed by atoms with van der Waals surface area (Å²) in [6.45, 7) is 1.41. The zero-order chi connectivity index (χ0) is 13.1. The summed E-state index contributed by atoms with van der Waals surface area (Å²) in [6, 6.07) is 6.68. The summed E-state index contributed by atoms with van der Waals surface area (Å²) >= 11 is 0. The Morgan fingerprint density at radius 2 is 2.00 bits per heavy atom. The van der Waals surface area contributed by atoms with Gasteiger partial charge in [0, 0.05) is 18.8 Å². The van der Waals surface area contributed by atoms with Crippen LogP contribution in [-0.4, -0.2) is 37.2 Å². The number of anilines is 1. The molecule has 0 aromatic heterocycles. The molecule has 1 saturated heterocycles. The van der Waals surface area contributed by atoms with Gasteiger partial charge in [-0.2, -0.15) is 0 Å². The molecule has 1 aromatic carbocycles. The topological polar surface area (TPSA) is 66.8 Å². The van der Waals surface area contributed by atoms with E-state index in [-0.39, 0.29) is 17.5 Å². The Morgan fingerprint density at radius 3 is 2.56 bits per heavy atom. The average molecular weight is 249 g/mol. The van der Waals surface area contributed by atoms with Gasteiger partial charge in [-0.15, -0.1) is 0 Å².